The van der Waals surface area contributed by atoms with E-state index in [1.165, 1.54) is 16.9 Å². The van der Waals surface area contributed by atoms with E-state index in [1.54, 1.807) is 38.6 Å². The fourth-order valence-corrected chi connectivity index (χ4v) is 5.85. The van der Waals surface area contributed by atoms with Crippen molar-refractivity contribution in [2.75, 3.05) is 26.9 Å². The van der Waals surface area contributed by atoms with Gasteiger partial charge in [-0.2, -0.15) is 0 Å². The van der Waals surface area contributed by atoms with E-state index >= 15 is 0 Å². The summed E-state index contributed by atoms with van der Waals surface area (Å²) in [5.74, 6) is 2.96. The minimum atomic E-state index is -0.425. The van der Waals surface area contributed by atoms with Crippen molar-refractivity contribution < 1.29 is 28.5 Å². The van der Waals surface area contributed by atoms with Gasteiger partial charge in [0.05, 0.1) is 43.3 Å². The van der Waals surface area contributed by atoms with Crippen LogP contribution in [0.3, 0.4) is 0 Å². The van der Waals surface area contributed by atoms with Gasteiger partial charge in [-0.3, -0.25) is 4.98 Å². The molecule has 5 aromatic rings. The molecule has 0 N–H and O–H groups in total. The molecule has 0 amide bonds. The van der Waals surface area contributed by atoms with Gasteiger partial charge in [-0.25, -0.2) is 4.79 Å². The molecule has 1 aliphatic heterocycles. The third-order valence-electron chi connectivity index (χ3n) is 6.93. The van der Waals surface area contributed by atoms with Crippen molar-refractivity contribution in [1.29, 1.82) is 0 Å². The highest BCUT2D eigenvalue weighted by Crippen LogP contribution is 2.47. The van der Waals surface area contributed by atoms with E-state index in [9.17, 15) is 4.79 Å². The lowest BCUT2D eigenvalue weighted by atomic mass is 10.0. The molecule has 0 bridgehead atoms. The Morgan fingerprint density at radius 1 is 0.952 bits per heavy atom. The van der Waals surface area contributed by atoms with Crippen molar-refractivity contribution in [3.8, 4) is 28.7 Å². The fourth-order valence-electron chi connectivity index (χ4n) is 4.77. The van der Waals surface area contributed by atoms with Gasteiger partial charge < -0.3 is 23.7 Å². The van der Waals surface area contributed by atoms with Gasteiger partial charge in [-0.05, 0) is 66.6 Å². The number of pyridine rings is 1. The Hall–Kier alpha value is -4.82. The highest BCUT2D eigenvalue weighted by Gasteiger charge is 2.24. The van der Waals surface area contributed by atoms with E-state index in [4.69, 9.17) is 23.7 Å². The highest BCUT2D eigenvalue weighted by molar-refractivity contribution is 7.20. The van der Waals surface area contributed by atoms with Crippen LogP contribution in [0.15, 0.2) is 91.3 Å². The molecule has 1 atom stereocenters. The molecule has 0 fully saturated rings. The zero-order valence-corrected chi connectivity index (χ0v) is 24.1. The zero-order chi connectivity index (χ0) is 28.9. The summed E-state index contributed by atoms with van der Waals surface area (Å²) in [5.41, 5.74) is 2.28. The molecule has 0 saturated carbocycles. The number of nitrogens with zero attached hydrogens (tertiary/aromatic N) is 1. The minimum absolute atomic E-state index is 0.109. The second-order valence-electron chi connectivity index (χ2n) is 9.61. The van der Waals surface area contributed by atoms with Gasteiger partial charge >= 0.3 is 5.97 Å². The Morgan fingerprint density at radius 3 is 2.33 bits per heavy atom. The SMILES string of the molecule is CCOC(=O)/C(=C/c1sc2cc3c(cc2c1Oc1ccc(OC)cc1)OCC(c1ccccc1)CO3)c1ccncc1. The summed E-state index contributed by atoms with van der Waals surface area (Å²) in [6, 6.07) is 25.1. The summed E-state index contributed by atoms with van der Waals surface area (Å²) < 4.78 is 30.7. The van der Waals surface area contributed by atoms with E-state index in [1.807, 2.05) is 60.7 Å². The van der Waals surface area contributed by atoms with Crippen LogP contribution in [0.4, 0.5) is 0 Å². The smallest absolute Gasteiger partial charge is 0.338 e. The van der Waals surface area contributed by atoms with E-state index < -0.39 is 5.97 Å². The van der Waals surface area contributed by atoms with Crippen LogP contribution in [-0.4, -0.2) is 37.9 Å². The van der Waals surface area contributed by atoms with Gasteiger partial charge in [0.15, 0.2) is 17.2 Å². The molecule has 1 unspecified atom stereocenters. The Balaban J connectivity index is 1.44. The first-order valence-corrected chi connectivity index (χ1v) is 14.5. The quantitative estimate of drug-likeness (QED) is 0.137. The lowest BCUT2D eigenvalue weighted by molar-refractivity contribution is -0.136. The van der Waals surface area contributed by atoms with Crippen LogP contribution in [0.5, 0.6) is 28.7 Å². The first kappa shape index (κ1) is 27.4. The van der Waals surface area contributed by atoms with Gasteiger partial charge in [-0.1, -0.05) is 30.3 Å². The number of fused-ring (bicyclic) bond motifs is 2. The number of aromatic nitrogens is 1. The van der Waals surface area contributed by atoms with Crippen LogP contribution in [0, 0.1) is 0 Å². The summed E-state index contributed by atoms with van der Waals surface area (Å²) >= 11 is 1.50. The summed E-state index contributed by atoms with van der Waals surface area (Å²) in [6.07, 6.45) is 5.11. The molecule has 0 spiro atoms. The average Bonchev–Trinajstić information content (AvgIpc) is 3.21. The lowest BCUT2D eigenvalue weighted by Crippen LogP contribution is -2.14. The third-order valence-corrected chi connectivity index (χ3v) is 8.01. The molecule has 0 radical (unpaired) electrons. The molecule has 8 heteroatoms. The van der Waals surface area contributed by atoms with Gasteiger partial charge in [0.1, 0.15) is 11.5 Å². The second-order valence-corrected chi connectivity index (χ2v) is 10.7. The van der Waals surface area contributed by atoms with Crippen LogP contribution in [0.2, 0.25) is 0 Å². The average molecular weight is 580 g/mol. The van der Waals surface area contributed by atoms with Crippen LogP contribution in [0.1, 0.15) is 28.8 Å². The topological polar surface area (TPSA) is 76.1 Å². The number of esters is 1. The Kier molecular flexibility index (Phi) is 8.05. The van der Waals surface area contributed by atoms with Crippen molar-refractivity contribution in [1.82, 2.24) is 4.98 Å². The Labute approximate surface area is 247 Å². The van der Waals surface area contributed by atoms with Gasteiger partial charge in [0, 0.05) is 28.5 Å². The fraction of sp³-hybridized carbons (Fsp3) is 0.176. The number of ether oxygens (including phenoxy) is 5. The summed E-state index contributed by atoms with van der Waals surface area (Å²) in [7, 11) is 1.62. The summed E-state index contributed by atoms with van der Waals surface area (Å²) in [6.45, 7) is 3.04. The number of carbonyl (C=O) groups is 1. The monoisotopic (exact) mass is 579 g/mol. The van der Waals surface area contributed by atoms with Crippen molar-refractivity contribution in [3.63, 3.8) is 0 Å². The van der Waals surface area contributed by atoms with E-state index in [2.05, 4.69) is 17.1 Å². The first-order valence-electron chi connectivity index (χ1n) is 13.6. The number of hydrogen-bond donors (Lipinski definition) is 0. The largest absolute Gasteiger partial charge is 0.497 e. The molecule has 212 valence electrons. The number of hydrogen-bond acceptors (Lipinski definition) is 8. The second kappa shape index (κ2) is 12.4. The first-order chi connectivity index (χ1) is 20.6. The number of thiophene rings is 1. The molecule has 3 heterocycles. The highest BCUT2D eigenvalue weighted by atomic mass is 32.1. The maximum Gasteiger partial charge on any atom is 0.338 e. The van der Waals surface area contributed by atoms with Crippen molar-refractivity contribution in [2.45, 2.75) is 12.8 Å². The van der Waals surface area contributed by atoms with E-state index in [0.29, 0.717) is 47.3 Å². The van der Waals surface area contributed by atoms with E-state index in [0.717, 1.165) is 20.7 Å². The predicted octanol–water partition coefficient (Wildman–Crippen LogP) is 7.76. The molecule has 6 rings (SSSR count). The molecule has 1 aliphatic rings. The van der Waals surface area contributed by atoms with Crippen molar-refractivity contribution in [2.24, 2.45) is 0 Å². The standard InChI is InChI=1S/C34H29NO6S/c1-3-38-34(36)27(23-13-15-35-16-14-23)18-32-33(41-26-11-9-25(37-2)10-12-26)28-17-29-30(19-31(28)42-32)40-21-24(20-39-29)22-7-5-4-6-8-22/h4-19,24H,3,20-21H2,1-2H3/b27-18+. The van der Waals surface area contributed by atoms with Crippen LogP contribution < -0.4 is 18.9 Å². The predicted molar refractivity (Wildman–Crippen MR) is 164 cm³/mol. The van der Waals surface area contributed by atoms with Crippen LogP contribution in [-0.2, 0) is 9.53 Å². The maximum absolute atomic E-state index is 13.1. The number of methoxy groups -OCH3 is 1. The zero-order valence-electron chi connectivity index (χ0n) is 23.2. The molecule has 0 saturated heterocycles. The van der Waals surface area contributed by atoms with Crippen molar-refractivity contribution >= 4 is 39.0 Å². The molecular formula is C34H29NO6S. The number of carbonyl (C=O) groups excluding carboxylic acids is 1. The lowest BCUT2D eigenvalue weighted by Gasteiger charge is -2.13. The van der Waals surface area contributed by atoms with Crippen LogP contribution >= 0.6 is 11.3 Å². The van der Waals surface area contributed by atoms with Gasteiger partial charge in [0.2, 0.25) is 0 Å². The Bertz CT molecular complexity index is 1710. The van der Waals surface area contributed by atoms with E-state index in [-0.39, 0.29) is 12.5 Å². The third kappa shape index (κ3) is 5.80. The molecule has 7 nitrogen and oxygen atoms in total. The van der Waals surface area contributed by atoms with Gasteiger partial charge in [-0.15, -0.1) is 11.3 Å². The number of rotatable bonds is 8. The molecule has 0 aliphatic carbocycles. The Morgan fingerprint density at radius 2 is 1.64 bits per heavy atom. The maximum atomic E-state index is 13.1. The molecular weight excluding hydrogens is 550 g/mol. The number of benzene rings is 3. The molecule has 3 aromatic carbocycles. The molecule has 42 heavy (non-hydrogen) atoms. The summed E-state index contributed by atoms with van der Waals surface area (Å²) in [4.78, 5) is 17.9. The normalized spacial score (nSPS) is 14.7. The van der Waals surface area contributed by atoms with Crippen LogP contribution in [0.25, 0.3) is 21.7 Å². The minimum Gasteiger partial charge on any atom is -0.497 e. The van der Waals surface area contributed by atoms with Gasteiger partial charge in [0.25, 0.3) is 0 Å². The summed E-state index contributed by atoms with van der Waals surface area (Å²) in [5, 5.41) is 0.848. The molecule has 2 aromatic heterocycles. The van der Waals surface area contributed by atoms with Crippen molar-refractivity contribution in [3.05, 3.63) is 107 Å².